The van der Waals surface area contributed by atoms with E-state index in [1.165, 1.54) is 32.1 Å². The molecule has 0 spiro atoms. The van der Waals surface area contributed by atoms with Gasteiger partial charge >= 0.3 is 0 Å². The Labute approximate surface area is 75.2 Å². The Hall–Kier alpha value is -0.710. The van der Waals surface area contributed by atoms with Gasteiger partial charge in [-0.2, -0.15) is 5.26 Å². The van der Waals surface area contributed by atoms with Crippen molar-refractivity contribution < 1.29 is 0 Å². The highest BCUT2D eigenvalue weighted by Crippen LogP contribution is 2.23. The normalized spacial score (nSPS) is 19.2. The zero-order chi connectivity index (χ0) is 8.97. The third-order valence-corrected chi connectivity index (χ3v) is 2.64. The van der Waals surface area contributed by atoms with Crippen LogP contribution in [-0.4, -0.2) is 17.0 Å². The van der Waals surface area contributed by atoms with Crippen molar-refractivity contribution in [3.63, 3.8) is 0 Å². The van der Waals surface area contributed by atoms with Gasteiger partial charge < -0.3 is 4.90 Å². The Morgan fingerprint density at radius 1 is 1.25 bits per heavy atom. The molecule has 0 N–H and O–H groups in total. The third-order valence-electron chi connectivity index (χ3n) is 2.64. The highest BCUT2D eigenvalue weighted by Gasteiger charge is 2.21. The second-order valence-corrected chi connectivity index (χ2v) is 3.89. The molecule has 0 aromatic heterocycles. The molecule has 1 aliphatic carbocycles. The van der Waals surface area contributed by atoms with Crippen molar-refractivity contribution in [2.45, 2.75) is 58.0 Å². The van der Waals surface area contributed by atoms with Crippen LogP contribution in [0.15, 0.2) is 0 Å². The summed E-state index contributed by atoms with van der Waals surface area (Å²) in [7, 11) is 0. The number of nitrogens with zero attached hydrogens (tertiary/aromatic N) is 2. The first-order valence-electron chi connectivity index (χ1n) is 4.93. The van der Waals surface area contributed by atoms with Gasteiger partial charge in [-0.15, -0.1) is 0 Å². The van der Waals surface area contributed by atoms with Gasteiger partial charge in [0.15, 0.2) is 6.19 Å². The first kappa shape index (κ1) is 9.38. The molecule has 0 unspecified atom stereocenters. The molecule has 68 valence electrons. The summed E-state index contributed by atoms with van der Waals surface area (Å²) in [6.07, 6.45) is 8.69. The highest BCUT2D eigenvalue weighted by atomic mass is 15.2. The molecule has 1 aliphatic rings. The molecule has 0 saturated heterocycles. The van der Waals surface area contributed by atoms with E-state index in [9.17, 15) is 0 Å². The summed E-state index contributed by atoms with van der Waals surface area (Å²) in [5.41, 5.74) is 0. The molecule has 0 heterocycles. The summed E-state index contributed by atoms with van der Waals surface area (Å²) in [5.74, 6) is 0. The molecule has 12 heavy (non-hydrogen) atoms. The summed E-state index contributed by atoms with van der Waals surface area (Å²) < 4.78 is 0. The van der Waals surface area contributed by atoms with Gasteiger partial charge in [-0.1, -0.05) is 19.3 Å². The van der Waals surface area contributed by atoms with Crippen LogP contribution in [0.25, 0.3) is 0 Å². The van der Waals surface area contributed by atoms with Gasteiger partial charge in [-0.3, -0.25) is 0 Å². The van der Waals surface area contributed by atoms with Crippen LogP contribution in [-0.2, 0) is 0 Å². The van der Waals surface area contributed by atoms with Gasteiger partial charge in [0.2, 0.25) is 0 Å². The Kier molecular flexibility index (Phi) is 3.40. The van der Waals surface area contributed by atoms with Crippen molar-refractivity contribution >= 4 is 0 Å². The van der Waals surface area contributed by atoms with Crippen molar-refractivity contribution in [1.82, 2.24) is 4.90 Å². The summed E-state index contributed by atoms with van der Waals surface area (Å²) >= 11 is 0. The number of nitriles is 1. The van der Waals surface area contributed by atoms with Gasteiger partial charge in [-0.05, 0) is 26.7 Å². The minimum atomic E-state index is 0.373. The van der Waals surface area contributed by atoms with E-state index in [0.717, 1.165) is 0 Å². The van der Waals surface area contributed by atoms with Gasteiger partial charge in [0.25, 0.3) is 0 Å². The minimum Gasteiger partial charge on any atom is -0.305 e. The molecule has 0 atom stereocenters. The fraction of sp³-hybridized carbons (Fsp3) is 0.900. The Balaban J connectivity index is 2.47. The molecule has 1 fully saturated rings. The average Bonchev–Trinajstić information content (AvgIpc) is 2.07. The van der Waals surface area contributed by atoms with Crippen LogP contribution in [0.4, 0.5) is 0 Å². The van der Waals surface area contributed by atoms with E-state index in [1.54, 1.807) is 0 Å². The van der Waals surface area contributed by atoms with Crippen molar-refractivity contribution in [2.75, 3.05) is 0 Å². The van der Waals surface area contributed by atoms with Crippen molar-refractivity contribution in [3.8, 4) is 6.19 Å². The standard InChI is InChI=1S/C10H18N2/c1-9(2)12(8-11)10-6-4-3-5-7-10/h9-10H,3-7H2,1-2H3. The van der Waals surface area contributed by atoms with Crippen LogP contribution in [0.3, 0.4) is 0 Å². The largest absolute Gasteiger partial charge is 0.305 e. The molecule has 0 aromatic rings. The van der Waals surface area contributed by atoms with Gasteiger partial charge in [-0.25, -0.2) is 0 Å². The topological polar surface area (TPSA) is 27.0 Å². The first-order valence-corrected chi connectivity index (χ1v) is 4.93. The first-order chi connectivity index (χ1) is 5.75. The second-order valence-electron chi connectivity index (χ2n) is 3.89. The predicted molar refractivity (Wildman–Crippen MR) is 49.5 cm³/mol. The van der Waals surface area contributed by atoms with Gasteiger partial charge in [0, 0.05) is 12.1 Å². The van der Waals surface area contributed by atoms with E-state index >= 15 is 0 Å². The number of hydrogen-bond acceptors (Lipinski definition) is 2. The summed E-state index contributed by atoms with van der Waals surface area (Å²) in [4.78, 5) is 1.96. The fourth-order valence-corrected chi connectivity index (χ4v) is 1.98. The maximum absolute atomic E-state index is 8.92. The Bertz CT molecular complexity index is 163. The molecule has 0 bridgehead atoms. The molecule has 0 aromatic carbocycles. The smallest absolute Gasteiger partial charge is 0.179 e. The van der Waals surface area contributed by atoms with E-state index in [0.29, 0.717) is 12.1 Å². The quantitative estimate of drug-likeness (QED) is 0.465. The molecular formula is C10H18N2. The second kappa shape index (κ2) is 4.35. The minimum absolute atomic E-state index is 0.373. The molecule has 2 heteroatoms. The molecule has 0 aliphatic heterocycles. The van der Waals surface area contributed by atoms with E-state index in [4.69, 9.17) is 5.26 Å². The molecular weight excluding hydrogens is 148 g/mol. The summed E-state index contributed by atoms with van der Waals surface area (Å²) in [6.45, 7) is 4.19. The lowest BCUT2D eigenvalue weighted by molar-refractivity contribution is 0.192. The molecule has 2 nitrogen and oxygen atoms in total. The van der Waals surface area contributed by atoms with Crippen molar-refractivity contribution in [3.05, 3.63) is 0 Å². The van der Waals surface area contributed by atoms with Crippen LogP contribution >= 0.6 is 0 Å². The molecule has 1 rings (SSSR count). The number of rotatable bonds is 2. The van der Waals surface area contributed by atoms with Crippen LogP contribution in [0.5, 0.6) is 0 Å². The zero-order valence-corrected chi connectivity index (χ0v) is 8.08. The molecule has 0 amide bonds. The molecule has 0 radical (unpaired) electrons. The number of hydrogen-bond donors (Lipinski definition) is 0. The molecule has 1 saturated carbocycles. The lowest BCUT2D eigenvalue weighted by Gasteiger charge is -2.32. The van der Waals surface area contributed by atoms with Crippen LogP contribution < -0.4 is 0 Å². The third kappa shape index (κ3) is 2.14. The lowest BCUT2D eigenvalue weighted by atomic mass is 9.94. The maximum Gasteiger partial charge on any atom is 0.179 e. The van der Waals surface area contributed by atoms with E-state index in [-0.39, 0.29) is 0 Å². The predicted octanol–water partition coefficient (Wildman–Crippen LogP) is 2.51. The Morgan fingerprint density at radius 2 is 1.83 bits per heavy atom. The Morgan fingerprint density at radius 3 is 2.25 bits per heavy atom. The van der Waals surface area contributed by atoms with Crippen molar-refractivity contribution in [2.24, 2.45) is 0 Å². The average molecular weight is 166 g/mol. The van der Waals surface area contributed by atoms with Crippen LogP contribution in [0.1, 0.15) is 46.0 Å². The van der Waals surface area contributed by atoms with E-state index < -0.39 is 0 Å². The van der Waals surface area contributed by atoms with E-state index in [2.05, 4.69) is 20.0 Å². The lowest BCUT2D eigenvalue weighted by Crippen LogP contribution is -2.37. The van der Waals surface area contributed by atoms with Gasteiger partial charge in [0.05, 0.1) is 0 Å². The van der Waals surface area contributed by atoms with E-state index in [1.807, 2.05) is 4.90 Å². The monoisotopic (exact) mass is 166 g/mol. The zero-order valence-electron chi connectivity index (χ0n) is 8.08. The fourth-order valence-electron chi connectivity index (χ4n) is 1.98. The SMILES string of the molecule is CC(C)N(C#N)C1CCCCC1. The van der Waals surface area contributed by atoms with Crippen molar-refractivity contribution in [1.29, 1.82) is 5.26 Å². The maximum atomic E-state index is 8.92. The summed E-state index contributed by atoms with van der Waals surface area (Å²) in [5, 5.41) is 8.92. The van der Waals surface area contributed by atoms with Gasteiger partial charge in [0.1, 0.15) is 0 Å². The summed E-state index contributed by atoms with van der Waals surface area (Å²) in [6, 6.07) is 0.904. The van der Waals surface area contributed by atoms with Crippen LogP contribution in [0.2, 0.25) is 0 Å². The highest BCUT2D eigenvalue weighted by molar-refractivity contribution is 4.86. The van der Waals surface area contributed by atoms with Crippen LogP contribution in [0, 0.1) is 11.5 Å².